The fourth-order valence-electron chi connectivity index (χ4n) is 5.17. The average Bonchev–Trinajstić information content (AvgIpc) is 3.61. The molecule has 1 fully saturated rings. The summed E-state index contributed by atoms with van der Waals surface area (Å²) >= 11 is 0. The Morgan fingerprint density at radius 2 is 1.79 bits per heavy atom. The number of guanidine groups is 1. The molecule has 1 aromatic carbocycles. The third-order valence-electron chi connectivity index (χ3n) is 7.42. The molecule has 2 aromatic rings. The summed E-state index contributed by atoms with van der Waals surface area (Å²) in [6.45, 7) is 0.985. The van der Waals surface area contributed by atoms with Crippen LogP contribution in [0.15, 0.2) is 35.5 Å². The number of para-hydroxylation sites is 1. The molecule has 2 heterocycles. The minimum absolute atomic E-state index is 0.0926. The molecule has 1 aromatic heterocycles. The van der Waals surface area contributed by atoms with Gasteiger partial charge in [-0.25, -0.2) is 4.79 Å². The van der Waals surface area contributed by atoms with E-state index < -0.39 is 47.9 Å². The number of rotatable bonds is 16. The number of fused-ring (bicyclic) bond motifs is 1. The molecule has 0 saturated carbocycles. The Balaban J connectivity index is 1.83. The summed E-state index contributed by atoms with van der Waals surface area (Å²) < 4.78 is 0. The van der Waals surface area contributed by atoms with Crippen LogP contribution in [0.1, 0.15) is 50.5 Å². The number of nitrogens with one attached hydrogen (secondary N) is 3. The van der Waals surface area contributed by atoms with Crippen LogP contribution in [0.3, 0.4) is 0 Å². The zero-order valence-corrected chi connectivity index (χ0v) is 23.8. The lowest BCUT2D eigenvalue weighted by atomic mass is 10.0. The molecule has 0 spiro atoms. The number of unbranched alkanes of at least 4 members (excludes halogenated alkanes) is 1. The van der Waals surface area contributed by atoms with Crippen LogP contribution in [0.5, 0.6) is 0 Å². The van der Waals surface area contributed by atoms with Gasteiger partial charge in [0.2, 0.25) is 17.7 Å². The number of hydrogen-bond acceptors (Lipinski definition) is 7. The summed E-state index contributed by atoms with van der Waals surface area (Å²) in [4.78, 5) is 60.6. The minimum Gasteiger partial charge on any atom is -0.480 e. The number of aliphatic carboxylic acids is 1. The van der Waals surface area contributed by atoms with E-state index >= 15 is 0 Å². The SMILES string of the molecule is NCCCCC(N)C(=O)NC(CCCN=C(N)N)C(=O)NC(Cc1c[nH]c2ccccc12)C(=O)N1CCCC1C(=O)O. The van der Waals surface area contributed by atoms with E-state index in [4.69, 9.17) is 22.9 Å². The van der Waals surface area contributed by atoms with Gasteiger partial charge in [0.15, 0.2) is 5.96 Å². The molecule has 0 aliphatic carbocycles. The van der Waals surface area contributed by atoms with Crippen LogP contribution in [-0.4, -0.2) is 88.4 Å². The summed E-state index contributed by atoms with van der Waals surface area (Å²) in [5.74, 6) is -2.77. The van der Waals surface area contributed by atoms with Gasteiger partial charge in [0.05, 0.1) is 6.04 Å². The van der Waals surface area contributed by atoms with Gasteiger partial charge in [-0.3, -0.25) is 19.4 Å². The summed E-state index contributed by atoms with van der Waals surface area (Å²) in [5, 5.41) is 16.1. The number of likely N-dealkylation sites (tertiary alicyclic amines) is 1. The van der Waals surface area contributed by atoms with Crippen LogP contribution >= 0.6 is 0 Å². The predicted octanol–water partition coefficient (Wildman–Crippen LogP) is -0.734. The van der Waals surface area contributed by atoms with E-state index in [1.165, 1.54) is 4.90 Å². The highest BCUT2D eigenvalue weighted by atomic mass is 16.4. The van der Waals surface area contributed by atoms with Crippen molar-refractivity contribution >= 4 is 40.6 Å². The summed E-state index contributed by atoms with van der Waals surface area (Å²) in [6, 6.07) is 3.63. The molecular formula is C28H43N9O5. The van der Waals surface area contributed by atoms with E-state index in [9.17, 15) is 24.3 Å². The number of H-pyrrole nitrogens is 1. The second kappa shape index (κ2) is 15.7. The van der Waals surface area contributed by atoms with Crippen molar-refractivity contribution in [3.05, 3.63) is 36.0 Å². The molecule has 230 valence electrons. The molecule has 14 heteroatoms. The predicted molar refractivity (Wildman–Crippen MR) is 159 cm³/mol. The van der Waals surface area contributed by atoms with E-state index in [1.54, 1.807) is 6.20 Å². The van der Waals surface area contributed by atoms with E-state index in [-0.39, 0.29) is 31.9 Å². The second-order valence-electron chi connectivity index (χ2n) is 10.6. The third-order valence-corrected chi connectivity index (χ3v) is 7.42. The van der Waals surface area contributed by atoms with Gasteiger partial charge in [0.1, 0.15) is 18.1 Å². The normalized spacial score (nSPS) is 16.9. The summed E-state index contributed by atoms with van der Waals surface area (Å²) in [7, 11) is 0. The lowest BCUT2D eigenvalue weighted by Crippen LogP contribution is -2.57. The lowest BCUT2D eigenvalue weighted by Gasteiger charge is -2.29. The van der Waals surface area contributed by atoms with Gasteiger partial charge >= 0.3 is 5.97 Å². The van der Waals surface area contributed by atoms with Crippen LogP contribution in [0.4, 0.5) is 0 Å². The molecule has 0 radical (unpaired) electrons. The maximum absolute atomic E-state index is 13.8. The number of aromatic nitrogens is 1. The summed E-state index contributed by atoms with van der Waals surface area (Å²) in [5.41, 5.74) is 24.1. The fourth-order valence-corrected chi connectivity index (χ4v) is 5.17. The Morgan fingerprint density at radius 3 is 2.50 bits per heavy atom. The zero-order valence-electron chi connectivity index (χ0n) is 23.8. The Morgan fingerprint density at radius 1 is 1.05 bits per heavy atom. The van der Waals surface area contributed by atoms with Crippen molar-refractivity contribution in [1.82, 2.24) is 20.5 Å². The first-order valence-electron chi connectivity index (χ1n) is 14.3. The number of carbonyl (C=O) groups is 4. The number of carboxylic acids is 1. The summed E-state index contributed by atoms with van der Waals surface area (Å²) in [6.07, 6.45) is 5.09. The van der Waals surface area contributed by atoms with Gasteiger partial charge < -0.3 is 48.6 Å². The van der Waals surface area contributed by atoms with Crippen molar-refractivity contribution in [2.45, 2.75) is 75.5 Å². The van der Waals surface area contributed by atoms with Crippen LogP contribution in [0.2, 0.25) is 0 Å². The maximum atomic E-state index is 13.8. The van der Waals surface area contributed by atoms with Crippen molar-refractivity contribution in [3.8, 4) is 0 Å². The molecule has 14 nitrogen and oxygen atoms in total. The molecule has 12 N–H and O–H groups in total. The van der Waals surface area contributed by atoms with Crippen molar-refractivity contribution in [2.75, 3.05) is 19.6 Å². The highest BCUT2D eigenvalue weighted by molar-refractivity contribution is 5.95. The Kier molecular flexibility index (Phi) is 12.1. The van der Waals surface area contributed by atoms with Gasteiger partial charge in [0, 0.05) is 36.6 Å². The minimum atomic E-state index is -1.09. The monoisotopic (exact) mass is 585 g/mol. The van der Waals surface area contributed by atoms with Crippen molar-refractivity contribution in [2.24, 2.45) is 27.9 Å². The Hall–Kier alpha value is -4.17. The second-order valence-corrected chi connectivity index (χ2v) is 10.6. The van der Waals surface area contributed by atoms with Crippen LogP contribution in [-0.2, 0) is 25.6 Å². The fraction of sp³-hybridized carbons (Fsp3) is 0.536. The molecule has 3 rings (SSSR count). The standard InChI is InChI=1S/C28H43N9O5/c29-12-4-3-8-19(30)24(38)35-21(10-5-13-33-28(31)32)25(39)36-22(26(40)37-14-6-11-23(37)27(41)42)15-17-16-34-20-9-2-1-7-18(17)20/h1-2,7,9,16,19,21-23,34H,3-6,8,10-15,29-30H2,(H,35,38)(H,36,39)(H,41,42)(H4,31,32,33). The van der Waals surface area contributed by atoms with E-state index in [0.717, 1.165) is 22.9 Å². The molecule has 3 amide bonds. The molecule has 1 saturated heterocycles. The largest absolute Gasteiger partial charge is 0.480 e. The zero-order chi connectivity index (χ0) is 30.6. The van der Waals surface area contributed by atoms with Crippen LogP contribution < -0.4 is 33.6 Å². The molecule has 1 aliphatic heterocycles. The maximum Gasteiger partial charge on any atom is 0.326 e. The highest BCUT2D eigenvalue weighted by Gasteiger charge is 2.38. The quantitative estimate of drug-likeness (QED) is 0.0701. The molecular weight excluding hydrogens is 542 g/mol. The van der Waals surface area contributed by atoms with Crippen molar-refractivity contribution in [3.63, 3.8) is 0 Å². The lowest BCUT2D eigenvalue weighted by molar-refractivity contribution is -0.149. The Bertz CT molecular complexity index is 1260. The number of carboxylic acid groups (broad SMARTS) is 1. The number of nitrogens with two attached hydrogens (primary N) is 4. The number of carbonyl (C=O) groups excluding carboxylic acids is 3. The number of amides is 3. The van der Waals surface area contributed by atoms with Crippen LogP contribution in [0.25, 0.3) is 10.9 Å². The first-order chi connectivity index (χ1) is 20.1. The number of aromatic amines is 1. The molecule has 0 bridgehead atoms. The molecule has 4 atom stereocenters. The number of aliphatic imine (C=N–C) groups is 1. The van der Waals surface area contributed by atoms with Gasteiger partial charge in [0.25, 0.3) is 0 Å². The topological polar surface area (TPSA) is 248 Å². The van der Waals surface area contributed by atoms with E-state index in [0.29, 0.717) is 38.6 Å². The van der Waals surface area contributed by atoms with Gasteiger partial charge in [-0.05, 0) is 56.7 Å². The van der Waals surface area contributed by atoms with Gasteiger partial charge in [-0.2, -0.15) is 0 Å². The third kappa shape index (κ3) is 8.91. The average molecular weight is 586 g/mol. The van der Waals surface area contributed by atoms with E-state index in [1.807, 2.05) is 24.3 Å². The molecule has 42 heavy (non-hydrogen) atoms. The smallest absolute Gasteiger partial charge is 0.326 e. The molecule has 4 unspecified atom stereocenters. The number of hydrogen-bond donors (Lipinski definition) is 8. The first-order valence-corrected chi connectivity index (χ1v) is 14.3. The van der Waals surface area contributed by atoms with Crippen molar-refractivity contribution < 1.29 is 24.3 Å². The number of nitrogens with zero attached hydrogens (tertiary/aromatic N) is 2. The molecule has 1 aliphatic rings. The number of benzene rings is 1. The highest BCUT2D eigenvalue weighted by Crippen LogP contribution is 2.23. The van der Waals surface area contributed by atoms with Gasteiger partial charge in [-0.1, -0.05) is 24.6 Å². The van der Waals surface area contributed by atoms with Crippen molar-refractivity contribution in [1.29, 1.82) is 0 Å². The van der Waals surface area contributed by atoms with E-state index in [2.05, 4.69) is 20.6 Å². The Labute approximate surface area is 244 Å². The van der Waals surface area contributed by atoms with Crippen LogP contribution in [0, 0.1) is 0 Å². The van der Waals surface area contributed by atoms with Gasteiger partial charge in [-0.15, -0.1) is 0 Å². The first kappa shape index (κ1) is 32.3.